The molecule has 19 heavy (non-hydrogen) atoms. The largest absolute Gasteiger partial charge is 0.348 e. The molecular formula is C12H16FN3O3. The molecule has 1 rings (SSSR count). The third kappa shape index (κ3) is 4.29. The van der Waals surface area contributed by atoms with Gasteiger partial charge in [-0.2, -0.15) is 4.39 Å². The smallest absolute Gasteiger partial charge is 0.304 e. The number of benzene rings is 1. The van der Waals surface area contributed by atoms with Crippen LogP contribution in [0.1, 0.15) is 17.3 Å². The van der Waals surface area contributed by atoms with Crippen LogP contribution >= 0.6 is 0 Å². The molecule has 1 aromatic carbocycles. The second-order valence-corrected chi connectivity index (χ2v) is 4.56. The quantitative estimate of drug-likeness (QED) is 0.648. The minimum Gasteiger partial charge on any atom is -0.348 e. The number of nitro benzene ring substituents is 1. The summed E-state index contributed by atoms with van der Waals surface area (Å²) in [6.07, 6.45) is 0. The van der Waals surface area contributed by atoms with Crippen LogP contribution in [0.3, 0.4) is 0 Å². The van der Waals surface area contributed by atoms with Crippen molar-refractivity contribution in [3.05, 3.63) is 39.7 Å². The number of nitro groups is 1. The fourth-order valence-electron chi connectivity index (χ4n) is 1.70. The van der Waals surface area contributed by atoms with Gasteiger partial charge in [0.1, 0.15) is 0 Å². The van der Waals surface area contributed by atoms with Gasteiger partial charge in [-0.15, -0.1) is 0 Å². The van der Waals surface area contributed by atoms with Crippen LogP contribution in [0.15, 0.2) is 18.2 Å². The van der Waals surface area contributed by atoms with Gasteiger partial charge in [0.2, 0.25) is 5.82 Å². The molecule has 0 spiro atoms. The summed E-state index contributed by atoms with van der Waals surface area (Å²) >= 11 is 0. The van der Waals surface area contributed by atoms with Crippen molar-refractivity contribution in [2.24, 2.45) is 0 Å². The Balaban J connectivity index is 2.78. The van der Waals surface area contributed by atoms with E-state index in [2.05, 4.69) is 5.32 Å². The van der Waals surface area contributed by atoms with Crippen molar-refractivity contribution in [1.29, 1.82) is 0 Å². The standard InChI is InChI=1S/C12H16FN3O3/c1-8(7-15(2)3)14-12(17)9-4-5-11(16(18)19)10(13)6-9/h4-6,8H,7H2,1-3H3,(H,14,17). The lowest BCUT2D eigenvalue weighted by molar-refractivity contribution is -0.387. The van der Waals surface area contributed by atoms with Gasteiger partial charge in [-0.25, -0.2) is 0 Å². The summed E-state index contributed by atoms with van der Waals surface area (Å²) in [6, 6.07) is 2.98. The first-order chi connectivity index (χ1) is 8.81. The molecule has 1 N–H and O–H groups in total. The fourth-order valence-corrected chi connectivity index (χ4v) is 1.70. The predicted octanol–water partition coefficient (Wildman–Crippen LogP) is 1.41. The molecule has 0 saturated carbocycles. The van der Waals surface area contributed by atoms with Crippen LogP contribution in [0, 0.1) is 15.9 Å². The zero-order valence-corrected chi connectivity index (χ0v) is 11.0. The van der Waals surface area contributed by atoms with Gasteiger partial charge in [0, 0.05) is 24.2 Å². The average molecular weight is 269 g/mol. The van der Waals surface area contributed by atoms with E-state index in [1.54, 1.807) is 0 Å². The van der Waals surface area contributed by atoms with E-state index in [-0.39, 0.29) is 11.6 Å². The summed E-state index contributed by atoms with van der Waals surface area (Å²) in [7, 11) is 3.74. The molecular weight excluding hydrogens is 253 g/mol. The summed E-state index contributed by atoms with van der Waals surface area (Å²) in [4.78, 5) is 23.3. The summed E-state index contributed by atoms with van der Waals surface area (Å²) in [5.74, 6) is -1.47. The van der Waals surface area contributed by atoms with Crippen LogP contribution in [-0.2, 0) is 0 Å². The van der Waals surface area contributed by atoms with Crippen molar-refractivity contribution >= 4 is 11.6 Å². The van der Waals surface area contributed by atoms with Gasteiger partial charge >= 0.3 is 5.69 Å². The number of hydrogen-bond donors (Lipinski definition) is 1. The monoisotopic (exact) mass is 269 g/mol. The SMILES string of the molecule is CC(CN(C)C)NC(=O)c1ccc([N+](=O)[O-])c(F)c1. The maximum Gasteiger partial charge on any atom is 0.304 e. The Bertz CT molecular complexity index is 491. The molecule has 0 bridgehead atoms. The number of rotatable bonds is 5. The summed E-state index contributed by atoms with van der Waals surface area (Å²) in [6.45, 7) is 2.46. The van der Waals surface area contributed by atoms with Crippen molar-refractivity contribution in [3.8, 4) is 0 Å². The normalized spacial score (nSPS) is 12.3. The van der Waals surface area contributed by atoms with Gasteiger partial charge in [-0.1, -0.05) is 0 Å². The summed E-state index contributed by atoms with van der Waals surface area (Å²) < 4.78 is 13.4. The van der Waals surface area contributed by atoms with E-state index in [4.69, 9.17) is 0 Å². The first kappa shape index (κ1) is 15.0. The third-order valence-corrected chi connectivity index (χ3v) is 2.42. The van der Waals surface area contributed by atoms with Crippen molar-refractivity contribution in [1.82, 2.24) is 10.2 Å². The summed E-state index contributed by atoms with van der Waals surface area (Å²) in [5, 5.41) is 13.1. The minimum atomic E-state index is -1.02. The van der Waals surface area contributed by atoms with Gasteiger partial charge in [0.05, 0.1) is 4.92 Å². The van der Waals surface area contributed by atoms with Gasteiger partial charge in [-0.05, 0) is 33.2 Å². The number of hydrogen-bond acceptors (Lipinski definition) is 4. The maximum absolute atomic E-state index is 13.4. The molecule has 0 aliphatic rings. The minimum absolute atomic E-state index is 0.0636. The van der Waals surface area contributed by atoms with E-state index in [1.807, 2.05) is 25.9 Å². The van der Waals surface area contributed by atoms with Crippen LogP contribution in [0.5, 0.6) is 0 Å². The molecule has 0 aliphatic carbocycles. The molecule has 104 valence electrons. The van der Waals surface area contributed by atoms with Crippen LogP contribution in [0.25, 0.3) is 0 Å². The predicted molar refractivity (Wildman–Crippen MR) is 68.5 cm³/mol. The molecule has 0 heterocycles. The highest BCUT2D eigenvalue weighted by Gasteiger charge is 2.17. The van der Waals surface area contributed by atoms with Gasteiger partial charge in [0.15, 0.2) is 0 Å². The summed E-state index contributed by atoms with van der Waals surface area (Å²) in [5.41, 5.74) is -0.577. The molecule has 1 unspecified atom stereocenters. The molecule has 0 aromatic heterocycles. The molecule has 0 aliphatic heterocycles. The first-order valence-corrected chi connectivity index (χ1v) is 5.70. The van der Waals surface area contributed by atoms with E-state index >= 15 is 0 Å². The Kier molecular flexibility index (Phi) is 4.94. The topological polar surface area (TPSA) is 75.5 Å². The Hall–Kier alpha value is -2.02. The van der Waals surface area contributed by atoms with Gasteiger partial charge in [0.25, 0.3) is 5.91 Å². The highest BCUT2D eigenvalue weighted by Crippen LogP contribution is 2.17. The molecule has 0 saturated heterocycles. The van der Waals surface area contributed by atoms with E-state index in [0.717, 1.165) is 12.1 Å². The van der Waals surface area contributed by atoms with Crippen molar-refractivity contribution in [2.45, 2.75) is 13.0 Å². The third-order valence-electron chi connectivity index (χ3n) is 2.42. The van der Waals surface area contributed by atoms with E-state index in [9.17, 15) is 19.3 Å². The van der Waals surface area contributed by atoms with Gasteiger partial charge < -0.3 is 10.2 Å². The van der Waals surface area contributed by atoms with Crippen molar-refractivity contribution in [2.75, 3.05) is 20.6 Å². The fraction of sp³-hybridized carbons (Fsp3) is 0.417. The molecule has 1 atom stereocenters. The molecule has 0 radical (unpaired) electrons. The maximum atomic E-state index is 13.4. The molecule has 1 aromatic rings. The second-order valence-electron chi connectivity index (χ2n) is 4.56. The van der Waals surface area contributed by atoms with Crippen LogP contribution in [0.2, 0.25) is 0 Å². The Morgan fingerprint density at radius 3 is 2.63 bits per heavy atom. The van der Waals surface area contributed by atoms with Crippen molar-refractivity contribution in [3.63, 3.8) is 0 Å². The Labute approximate surface area is 110 Å². The van der Waals surface area contributed by atoms with E-state index in [1.165, 1.54) is 6.07 Å². The zero-order valence-electron chi connectivity index (χ0n) is 11.0. The number of likely N-dealkylation sites (N-methyl/N-ethyl adjacent to an activating group) is 1. The van der Waals surface area contributed by atoms with E-state index in [0.29, 0.717) is 6.54 Å². The van der Waals surface area contributed by atoms with Crippen LogP contribution < -0.4 is 5.32 Å². The number of carbonyl (C=O) groups is 1. The molecule has 0 fully saturated rings. The van der Waals surface area contributed by atoms with Crippen LogP contribution in [0.4, 0.5) is 10.1 Å². The van der Waals surface area contributed by atoms with E-state index < -0.39 is 22.3 Å². The Morgan fingerprint density at radius 2 is 2.16 bits per heavy atom. The highest BCUT2D eigenvalue weighted by atomic mass is 19.1. The first-order valence-electron chi connectivity index (χ1n) is 5.70. The second kappa shape index (κ2) is 6.24. The zero-order chi connectivity index (χ0) is 14.6. The van der Waals surface area contributed by atoms with Crippen molar-refractivity contribution < 1.29 is 14.1 Å². The lowest BCUT2D eigenvalue weighted by atomic mass is 10.1. The number of nitrogens with one attached hydrogen (secondary N) is 1. The average Bonchev–Trinajstić information content (AvgIpc) is 2.26. The highest BCUT2D eigenvalue weighted by molar-refractivity contribution is 5.94. The lowest BCUT2D eigenvalue weighted by Crippen LogP contribution is -2.39. The number of carbonyl (C=O) groups excluding carboxylic acids is 1. The molecule has 6 nitrogen and oxygen atoms in total. The van der Waals surface area contributed by atoms with Crippen LogP contribution in [-0.4, -0.2) is 42.4 Å². The molecule has 1 amide bonds. The number of nitrogens with zero attached hydrogens (tertiary/aromatic N) is 2. The number of halogens is 1. The number of amides is 1. The molecule has 7 heteroatoms. The van der Waals surface area contributed by atoms with Gasteiger partial charge in [-0.3, -0.25) is 14.9 Å². The lowest BCUT2D eigenvalue weighted by Gasteiger charge is -2.18. The Morgan fingerprint density at radius 1 is 1.53 bits per heavy atom.